The zero-order valence-electron chi connectivity index (χ0n) is 10.4. The second-order valence-corrected chi connectivity index (χ2v) is 5.61. The van der Waals surface area contributed by atoms with Crippen LogP contribution in [0.5, 0.6) is 0 Å². The number of fused-ring (bicyclic) bond motifs is 1. The molecule has 0 radical (unpaired) electrons. The van der Waals surface area contributed by atoms with E-state index in [2.05, 4.69) is 20.3 Å². The Morgan fingerprint density at radius 2 is 2.16 bits per heavy atom. The van der Waals surface area contributed by atoms with Crippen LogP contribution >= 0.6 is 11.8 Å². The van der Waals surface area contributed by atoms with Crippen molar-refractivity contribution in [2.45, 2.75) is 24.3 Å². The van der Waals surface area contributed by atoms with Gasteiger partial charge in [0.25, 0.3) is 0 Å². The third kappa shape index (κ3) is 2.12. The molecule has 6 nitrogen and oxygen atoms in total. The molecule has 3 rings (SSSR count). The number of hydrogen-bond acceptors (Lipinski definition) is 6. The molecule has 102 valence electrons. The SMILES string of the molecule is CSCC1NC(c2cnc3c[nH]cnc2-3)C(O)C1O. The van der Waals surface area contributed by atoms with Crippen LogP contribution in [0, 0.1) is 0 Å². The van der Waals surface area contributed by atoms with Crippen molar-refractivity contribution in [3.63, 3.8) is 0 Å². The third-order valence-corrected chi connectivity index (χ3v) is 4.22. The van der Waals surface area contributed by atoms with Crippen molar-refractivity contribution in [3.8, 4) is 11.4 Å². The van der Waals surface area contributed by atoms with Crippen LogP contribution in [0.2, 0.25) is 0 Å². The minimum atomic E-state index is -0.837. The van der Waals surface area contributed by atoms with Gasteiger partial charge in [-0.15, -0.1) is 0 Å². The first kappa shape index (κ1) is 12.9. The molecule has 3 heterocycles. The van der Waals surface area contributed by atoms with Gasteiger partial charge in [-0.2, -0.15) is 11.8 Å². The highest BCUT2D eigenvalue weighted by Gasteiger charge is 2.42. The van der Waals surface area contributed by atoms with Gasteiger partial charge in [-0.3, -0.25) is 4.98 Å². The van der Waals surface area contributed by atoms with Gasteiger partial charge in [-0.25, -0.2) is 4.98 Å². The number of nitrogens with one attached hydrogen (secondary N) is 2. The number of hydrogen-bond donors (Lipinski definition) is 4. The molecule has 0 spiro atoms. The van der Waals surface area contributed by atoms with Gasteiger partial charge in [-0.1, -0.05) is 0 Å². The first-order valence-corrected chi connectivity index (χ1v) is 7.50. The fourth-order valence-electron chi connectivity index (χ4n) is 2.56. The zero-order valence-corrected chi connectivity index (χ0v) is 11.3. The molecule has 3 aliphatic rings. The average molecular weight is 280 g/mol. The number of aliphatic hydroxyl groups is 2. The van der Waals surface area contributed by atoms with E-state index in [0.717, 1.165) is 22.7 Å². The van der Waals surface area contributed by atoms with Crippen LogP contribution in [0.4, 0.5) is 0 Å². The van der Waals surface area contributed by atoms with Crippen molar-refractivity contribution in [3.05, 3.63) is 24.3 Å². The van der Waals surface area contributed by atoms with Gasteiger partial charge in [-0.05, 0) is 6.26 Å². The van der Waals surface area contributed by atoms with Gasteiger partial charge in [0.2, 0.25) is 0 Å². The molecule has 0 aromatic heterocycles. The molecular formula is C12H16N4O2S. The number of aromatic nitrogens is 3. The van der Waals surface area contributed by atoms with Gasteiger partial charge >= 0.3 is 0 Å². The van der Waals surface area contributed by atoms with E-state index < -0.39 is 12.2 Å². The highest BCUT2D eigenvalue weighted by molar-refractivity contribution is 7.98. The second kappa shape index (κ2) is 5.09. The summed E-state index contributed by atoms with van der Waals surface area (Å²) in [7, 11) is 0. The van der Waals surface area contributed by atoms with E-state index in [-0.39, 0.29) is 12.1 Å². The standard InChI is InChI=1S/C12H16N4O2S/c1-19-4-8-11(17)12(18)10(16-8)6-2-14-7-3-13-5-15-9(6)7/h2-3,5,8,10-12,16-18H,4H2,1H3,(H,13,15). The number of aliphatic hydroxyl groups excluding tert-OH is 2. The molecule has 19 heavy (non-hydrogen) atoms. The Kier molecular flexibility index (Phi) is 3.44. The van der Waals surface area contributed by atoms with Crippen LogP contribution in [0.3, 0.4) is 0 Å². The molecule has 3 aliphatic heterocycles. The Morgan fingerprint density at radius 3 is 2.95 bits per heavy atom. The van der Waals surface area contributed by atoms with E-state index >= 15 is 0 Å². The Morgan fingerprint density at radius 1 is 1.32 bits per heavy atom. The molecule has 0 amide bonds. The molecule has 1 fully saturated rings. The minimum Gasteiger partial charge on any atom is -0.389 e. The van der Waals surface area contributed by atoms with Gasteiger partial charge in [0.05, 0.1) is 24.2 Å². The maximum atomic E-state index is 10.2. The summed E-state index contributed by atoms with van der Waals surface area (Å²) in [6.07, 6.45) is 5.44. The second-order valence-electron chi connectivity index (χ2n) is 4.70. The van der Waals surface area contributed by atoms with Crippen molar-refractivity contribution in [2.75, 3.05) is 12.0 Å². The van der Waals surface area contributed by atoms with E-state index in [0.29, 0.717) is 0 Å². The van der Waals surface area contributed by atoms with Crippen LogP contribution in [0.15, 0.2) is 18.7 Å². The van der Waals surface area contributed by atoms with Gasteiger partial charge in [0.15, 0.2) is 0 Å². The van der Waals surface area contributed by atoms with E-state index in [1.807, 2.05) is 6.26 Å². The molecule has 1 saturated heterocycles. The normalized spacial score (nSPS) is 31.1. The number of nitrogens with zero attached hydrogens (tertiary/aromatic N) is 2. The predicted molar refractivity (Wildman–Crippen MR) is 73.1 cm³/mol. The summed E-state index contributed by atoms with van der Waals surface area (Å²) in [6.45, 7) is 0. The monoisotopic (exact) mass is 280 g/mol. The van der Waals surface area contributed by atoms with E-state index in [1.165, 1.54) is 0 Å². The number of thioether (sulfide) groups is 1. The quantitative estimate of drug-likeness (QED) is 0.633. The number of rotatable bonds is 3. The lowest BCUT2D eigenvalue weighted by atomic mass is 10.0. The molecule has 4 unspecified atom stereocenters. The van der Waals surface area contributed by atoms with Crippen LogP contribution in [0.1, 0.15) is 11.6 Å². The molecule has 0 aromatic carbocycles. The minimum absolute atomic E-state index is 0.116. The zero-order chi connectivity index (χ0) is 13.4. The topological polar surface area (TPSA) is 94.1 Å². The van der Waals surface area contributed by atoms with Crippen LogP contribution in [-0.2, 0) is 0 Å². The summed E-state index contributed by atoms with van der Waals surface area (Å²) in [6, 6.07) is -0.442. The molecule has 0 aromatic rings. The molecule has 0 aliphatic carbocycles. The molecule has 4 atom stereocenters. The maximum absolute atomic E-state index is 10.2. The van der Waals surface area contributed by atoms with Crippen molar-refractivity contribution in [1.29, 1.82) is 0 Å². The van der Waals surface area contributed by atoms with E-state index in [4.69, 9.17) is 0 Å². The van der Waals surface area contributed by atoms with Gasteiger partial charge in [0.1, 0.15) is 11.8 Å². The fraction of sp³-hybridized carbons (Fsp3) is 0.500. The summed E-state index contributed by atoms with van der Waals surface area (Å²) >= 11 is 1.64. The summed E-state index contributed by atoms with van der Waals surface area (Å²) in [5.74, 6) is 0.752. The average Bonchev–Trinajstić information content (AvgIpc) is 2.96. The fourth-order valence-corrected chi connectivity index (χ4v) is 3.22. The smallest absolute Gasteiger partial charge is 0.105 e. The predicted octanol–water partition coefficient (Wildman–Crippen LogP) is 0.00720. The summed E-state index contributed by atoms with van der Waals surface area (Å²) in [5.41, 5.74) is 2.35. The first-order valence-electron chi connectivity index (χ1n) is 6.11. The van der Waals surface area contributed by atoms with E-state index in [1.54, 1.807) is 30.5 Å². The van der Waals surface area contributed by atoms with Crippen molar-refractivity contribution >= 4 is 11.8 Å². The molecule has 7 heteroatoms. The molecular weight excluding hydrogens is 264 g/mol. The summed E-state index contributed by atoms with van der Waals surface area (Å²) in [4.78, 5) is 11.4. The number of aromatic amines is 1. The van der Waals surface area contributed by atoms with E-state index in [9.17, 15) is 10.2 Å². The molecule has 0 bridgehead atoms. The van der Waals surface area contributed by atoms with Gasteiger partial charge < -0.3 is 20.5 Å². The Hall–Kier alpha value is -1.15. The lowest BCUT2D eigenvalue weighted by Crippen LogP contribution is -2.34. The summed E-state index contributed by atoms with van der Waals surface area (Å²) in [5, 5.41) is 23.5. The Bertz CT molecular complexity index is 534. The highest BCUT2D eigenvalue weighted by Crippen LogP contribution is 2.34. The van der Waals surface area contributed by atoms with Crippen LogP contribution in [0.25, 0.3) is 11.4 Å². The highest BCUT2D eigenvalue weighted by atomic mass is 32.2. The maximum Gasteiger partial charge on any atom is 0.105 e. The van der Waals surface area contributed by atoms with Gasteiger partial charge in [0, 0.05) is 29.8 Å². The summed E-state index contributed by atoms with van der Waals surface area (Å²) < 4.78 is 0. The Labute approximate surface area is 115 Å². The number of H-pyrrole nitrogens is 1. The lowest BCUT2D eigenvalue weighted by Gasteiger charge is -2.15. The lowest BCUT2D eigenvalue weighted by molar-refractivity contribution is 0.0307. The largest absolute Gasteiger partial charge is 0.389 e. The molecule has 0 saturated carbocycles. The first-order chi connectivity index (χ1) is 9.22. The van der Waals surface area contributed by atoms with Crippen LogP contribution < -0.4 is 5.32 Å². The third-order valence-electron chi connectivity index (χ3n) is 3.53. The molecule has 4 N–H and O–H groups in total. The van der Waals surface area contributed by atoms with Crippen LogP contribution in [-0.4, -0.2) is 55.4 Å². The van der Waals surface area contributed by atoms with Crippen molar-refractivity contribution in [1.82, 2.24) is 20.3 Å². The van der Waals surface area contributed by atoms with Crippen molar-refractivity contribution < 1.29 is 10.2 Å². The van der Waals surface area contributed by atoms with Crippen molar-refractivity contribution in [2.24, 2.45) is 0 Å². The Balaban J connectivity index is 1.90.